The Hall–Kier alpha value is 0.669. The molecular weight excluding hydrogens is 151 g/mol. The number of hydrogen-bond donors (Lipinski definition) is 0. The average Bonchev–Trinajstić information content (AvgIpc) is 1.38. The molecule has 0 saturated heterocycles. The maximum atomic E-state index is 9.98. The van der Waals surface area contributed by atoms with E-state index in [-0.39, 0.29) is 0 Å². The first-order valence-corrected chi connectivity index (χ1v) is 6.81. The molecule has 0 aliphatic rings. The minimum absolute atomic E-state index is 1.38. The van der Waals surface area contributed by atoms with Crippen molar-refractivity contribution in [2.45, 2.75) is 5.82 Å². The first-order chi connectivity index (χ1) is 2.27. The van der Waals surface area contributed by atoms with Gasteiger partial charge in [-0.25, -0.2) is 0 Å². The van der Waals surface area contributed by atoms with Crippen molar-refractivity contribution in [1.82, 2.24) is 0 Å². The molecule has 1 nitrogen and oxygen atoms in total. The molecule has 0 fully saturated rings. The summed E-state index contributed by atoms with van der Waals surface area (Å²) in [6, 6.07) is 0. The van der Waals surface area contributed by atoms with Crippen LogP contribution in [0, 0.1) is 0 Å². The van der Waals surface area contributed by atoms with Gasteiger partial charge in [0.25, 0.3) is 0 Å². The third-order valence-corrected chi connectivity index (χ3v) is 3.66. The van der Waals surface area contributed by atoms with Crippen LogP contribution in [0.25, 0.3) is 0 Å². The first-order valence-electron chi connectivity index (χ1n) is 1.15. The van der Waals surface area contributed by atoms with E-state index in [1.807, 2.05) is 6.26 Å². The molecule has 0 aromatic heterocycles. The standard InChI is InChI=1S/C2H6OSSe/c1-4-5(2)3/h1-2H3. The normalized spacial score (nSPS) is 14.8. The second-order valence-corrected chi connectivity index (χ2v) is 7.12. The van der Waals surface area contributed by atoms with E-state index in [0.717, 1.165) is 0 Å². The Labute approximate surface area is 39.3 Å². The van der Waals surface area contributed by atoms with Crippen molar-refractivity contribution >= 4 is 22.9 Å². The molecule has 0 heterocycles. The summed E-state index contributed by atoms with van der Waals surface area (Å²) < 4.78 is 9.98. The van der Waals surface area contributed by atoms with Crippen molar-refractivity contribution in [3.8, 4) is 0 Å². The molecule has 0 aromatic rings. The predicted octanol–water partition coefficient (Wildman–Crippen LogP) is 0.898. The monoisotopic (exact) mass is 158 g/mol. The molecular formula is C2H6OSSe. The van der Waals surface area contributed by atoms with Crippen LogP contribution >= 0.6 is 10.2 Å². The van der Waals surface area contributed by atoms with Crippen molar-refractivity contribution in [1.29, 1.82) is 0 Å². The van der Waals surface area contributed by atoms with E-state index in [4.69, 9.17) is 0 Å². The van der Waals surface area contributed by atoms with Crippen molar-refractivity contribution in [2.75, 3.05) is 6.26 Å². The van der Waals surface area contributed by atoms with Crippen LogP contribution in [0.2, 0.25) is 5.82 Å². The van der Waals surface area contributed by atoms with Gasteiger partial charge in [0.15, 0.2) is 0 Å². The van der Waals surface area contributed by atoms with Gasteiger partial charge in [0, 0.05) is 0 Å². The molecule has 0 rings (SSSR count). The van der Waals surface area contributed by atoms with E-state index < -0.39 is 12.7 Å². The van der Waals surface area contributed by atoms with Gasteiger partial charge < -0.3 is 0 Å². The Kier molecular flexibility index (Phi) is 3.27. The third-order valence-electron chi connectivity index (χ3n) is 0.235. The summed E-state index contributed by atoms with van der Waals surface area (Å²) in [5, 5.41) is 0. The predicted molar refractivity (Wildman–Crippen MR) is 25.8 cm³/mol. The zero-order chi connectivity index (χ0) is 4.28. The zero-order valence-corrected chi connectivity index (χ0v) is 5.75. The Morgan fingerprint density at radius 3 is 2.00 bits per heavy atom. The van der Waals surface area contributed by atoms with E-state index in [1.165, 1.54) is 10.2 Å². The SMILES string of the molecule is CS[Se](C)=O. The molecule has 0 aliphatic heterocycles. The van der Waals surface area contributed by atoms with Crippen molar-refractivity contribution in [3.05, 3.63) is 0 Å². The molecule has 32 valence electrons. The molecule has 0 aliphatic carbocycles. The summed E-state index contributed by atoms with van der Waals surface area (Å²) in [5.41, 5.74) is 0. The quantitative estimate of drug-likeness (QED) is 0.526. The van der Waals surface area contributed by atoms with E-state index in [1.54, 1.807) is 5.82 Å². The third kappa shape index (κ3) is 4.67. The fourth-order valence-corrected chi connectivity index (χ4v) is 0. The topological polar surface area (TPSA) is 17.1 Å². The fraction of sp³-hybridized carbons (Fsp3) is 1.00. The van der Waals surface area contributed by atoms with Crippen LogP contribution in [0.1, 0.15) is 0 Å². The van der Waals surface area contributed by atoms with Crippen molar-refractivity contribution < 1.29 is 3.83 Å². The van der Waals surface area contributed by atoms with Crippen LogP contribution in [-0.2, 0) is 3.83 Å². The van der Waals surface area contributed by atoms with Crippen molar-refractivity contribution in [3.63, 3.8) is 0 Å². The summed E-state index contributed by atoms with van der Waals surface area (Å²) in [7, 11) is 1.45. The summed E-state index contributed by atoms with van der Waals surface area (Å²) >= 11 is -1.38. The van der Waals surface area contributed by atoms with Gasteiger partial charge in [-0.3, -0.25) is 0 Å². The Balaban J connectivity index is 2.85. The van der Waals surface area contributed by atoms with Gasteiger partial charge in [0.05, 0.1) is 0 Å². The first kappa shape index (κ1) is 5.67. The van der Waals surface area contributed by atoms with E-state index in [2.05, 4.69) is 0 Å². The van der Waals surface area contributed by atoms with E-state index >= 15 is 0 Å². The molecule has 3 heteroatoms. The summed E-state index contributed by atoms with van der Waals surface area (Å²) in [6.07, 6.45) is 1.86. The zero-order valence-electron chi connectivity index (χ0n) is 3.22. The van der Waals surface area contributed by atoms with Gasteiger partial charge in [-0.2, -0.15) is 0 Å². The van der Waals surface area contributed by atoms with Gasteiger partial charge in [0.1, 0.15) is 0 Å². The second kappa shape index (κ2) is 2.88. The second-order valence-electron chi connectivity index (χ2n) is 0.568. The molecule has 0 saturated carbocycles. The van der Waals surface area contributed by atoms with Crippen molar-refractivity contribution in [2.24, 2.45) is 0 Å². The van der Waals surface area contributed by atoms with Crippen LogP contribution in [0.3, 0.4) is 0 Å². The Morgan fingerprint density at radius 2 is 2.00 bits per heavy atom. The van der Waals surface area contributed by atoms with Crippen LogP contribution in [0.4, 0.5) is 0 Å². The number of rotatable bonds is 1. The maximum absolute atomic E-state index is 9.98. The van der Waals surface area contributed by atoms with Gasteiger partial charge in [-0.1, -0.05) is 0 Å². The Morgan fingerprint density at radius 1 is 1.80 bits per heavy atom. The average molecular weight is 157 g/mol. The van der Waals surface area contributed by atoms with Crippen LogP contribution < -0.4 is 0 Å². The molecule has 0 N–H and O–H groups in total. The summed E-state index contributed by atoms with van der Waals surface area (Å²) in [6.45, 7) is 0. The molecule has 5 heavy (non-hydrogen) atoms. The van der Waals surface area contributed by atoms with Gasteiger partial charge in [-0.05, 0) is 0 Å². The fourth-order valence-electron chi connectivity index (χ4n) is 0. The molecule has 0 amide bonds. The van der Waals surface area contributed by atoms with Gasteiger partial charge >= 0.3 is 38.8 Å². The minimum atomic E-state index is -1.38. The number of hydrogen-bond acceptors (Lipinski definition) is 2. The summed E-state index contributed by atoms with van der Waals surface area (Å²) in [4.78, 5) is 0. The van der Waals surface area contributed by atoms with E-state index in [0.29, 0.717) is 0 Å². The summed E-state index contributed by atoms with van der Waals surface area (Å²) in [5.74, 6) is 1.75. The molecule has 0 bridgehead atoms. The van der Waals surface area contributed by atoms with Crippen LogP contribution in [-0.4, -0.2) is 19.0 Å². The van der Waals surface area contributed by atoms with E-state index in [9.17, 15) is 3.83 Å². The molecule has 0 aromatic carbocycles. The van der Waals surface area contributed by atoms with Gasteiger partial charge in [0.2, 0.25) is 0 Å². The molecule has 1 unspecified atom stereocenters. The van der Waals surface area contributed by atoms with Crippen LogP contribution in [0.5, 0.6) is 0 Å². The van der Waals surface area contributed by atoms with Gasteiger partial charge in [-0.15, -0.1) is 0 Å². The molecule has 1 atom stereocenters. The molecule has 0 spiro atoms. The Bertz CT molecular complexity index is 44.9. The molecule has 0 radical (unpaired) electrons. The van der Waals surface area contributed by atoms with Crippen LogP contribution in [0.15, 0.2) is 0 Å².